The lowest BCUT2D eigenvalue weighted by Gasteiger charge is -2.18. The highest BCUT2D eigenvalue weighted by Gasteiger charge is 2.64. The summed E-state index contributed by atoms with van der Waals surface area (Å²) >= 11 is 1.39. The van der Waals surface area contributed by atoms with E-state index >= 15 is 0 Å². The van der Waals surface area contributed by atoms with Crippen LogP contribution in [0.1, 0.15) is 45.6 Å². The molecule has 5 heteroatoms. The van der Waals surface area contributed by atoms with Crippen molar-refractivity contribution >= 4 is 28.3 Å². The summed E-state index contributed by atoms with van der Waals surface area (Å²) in [4.78, 5) is 32.6. The first kappa shape index (κ1) is 18.7. The second-order valence-electron chi connectivity index (χ2n) is 8.77. The van der Waals surface area contributed by atoms with Crippen molar-refractivity contribution in [1.29, 1.82) is 0 Å². The maximum atomic E-state index is 13.3. The molecule has 2 amide bonds. The van der Waals surface area contributed by atoms with Crippen molar-refractivity contribution in [2.75, 3.05) is 4.90 Å². The maximum absolute atomic E-state index is 13.3. The lowest BCUT2D eigenvalue weighted by Crippen LogP contribution is -2.33. The first-order valence-corrected chi connectivity index (χ1v) is 11.5. The zero-order valence-electron chi connectivity index (χ0n) is 17.1. The lowest BCUT2D eigenvalue weighted by molar-refractivity contribution is -0.123. The second-order valence-corrected chi connectivity index (χ2v) is 9.61. The van der Waals surface area contributed by atoms with E-state index in [9.17, 15) is 9.59 Å². The van der Waals surface area contributed by atoms with Gasteiger partial charge in [0.1, 0.15) is 0 Å². The third-order valence-electron chi connectivity index (χ3n) is 6.90. The monoisotopic (exact) mass is 406 g/mol. The summed E-state index contributed by atoms with van der Waals surface area (Å²) in [5.74, 6) is 0.0814. The topological polar surface area (TPSA) is 50.3 Å². The molecule has 5 rings (SSSR count). The number of aromatic nitrogens is 1. The van der Waals surface area contributed by atoms with E-state index in [1.807, 2.05) is 5.38 Å². The van der Waals surface area contributed by atoms with Crippen LogP contribution in [0.4, 0.5) is 5.13 Å². The van der Waals surface area contributed by atoms with Crippen LogP contribution in [0.25, 0.3) is 11.3 Å². The standard InChI is InChI=1S/C24H26N2O2S/c1-4-5-14-6-8-15(9-7-14)18-12-29-24(25-18)26-22(27)20-16-10-11-17(19(16)13(2)3)21(20)23(26)28/h6-9,12,16-17,20-21H,4-5,10-11H2,1-3H3/t16-,17+,20-,21-/m0/s1. The van der Waals surface area contributed by atoms with E-state index in [1.54, 1.807) is 0 Å². The molecule has 0 N–H and O–H groups in total. The normalized spacial score (nSPS) is 27.8. The quantitative estimate of drug-likeness (QED) is 0.515. The minimum atomic E-state index is -0.174. The van der Waals surface area contributed by atoms with Crippen LogP contribution in [0, 0.1) is 23.7 Å². The summed E-state index contributed by atoms with van der Waals surface area (Å²) in [6, 6.07) is 8.42. The van der Waals surface area contributed by atoms with Crippen LogP contribution >= 0.6 is 11.3 Å². The molecular formula is C24H26N2O2S. The third-order valence-corrected chi connectivity index (χ3v) is 7.73. The SMILES string of the molecule is CCCc1ccc(-c2csc(N3C(=O)[C@@H]4[C@@H](C3=O)[C@H]3CC[C@@H]4C3=C(C)C)n2)cc1. The zero-order valence-corrected chi connectivity index (χ0v) is 18.0. The highest BCUT2D eigenvalue weighted by Crippen LogP contribution is 2.60. The molecule has 4 atom stereocenters. The minimum Gasteiger partial charge on any atom is -0.274 e. The van der Waals surface area contributed by atoms with Crippen molar-refractivity contribution in [3.05, 3.63) is 46.4 Å². The minimum absolute atomic E-state index is 0.0369. The number of hydrogen-bond donors (Lipinski definition) is 0. The number of rotatable bonds is 4. The van der Waals surface area contributed by atoms with Gasteiger partial charge in [0.2, 0.25) is 11.8 Å². The fourth-order valence-electron chi connectivity index (χ4n) is 5.81. The Bertz CT molecular complexity index is 984. The highest BCUT2D eigenvalue weighted by molar-refractivity contribution is 7.14. The fourth-order valence-corrected chi connectivity index (χ4v) is 6.65. The number of anilines is 1. The third kappa shape index (κ3) is 2.74. The number of carbonyl (C=O) groups excluding carboxylic acids is 2. The molecule has 2 heterocycles. The number of imide groups is 1. The number of carbonyl (C=O) groups is 2. The van der Waals surface area contributed by atoms with Gasteiger partial charge in [-0.3, -0.25) is 9.59 Å². The number of amides is 2. The molecule has 2 bridgehead atoms. The van der Waals surface area contributed by atoms with Gasteiger partial charge in [0, 0.05) is 10.9 Å². The smallest absolute Gasteiger partial charge is 0.240 e. The highest BCUT2D eigenvalue weighted by atomic mass is 32.1. The summed E-state index contributed by atoms with van der Waals surface area (Å²) in [5.41, 5.74) is 5.85. The summed E-state index contributed by atoms with van der Waals surface area (Å²) in [7, 11) is 0. The van der Waals surface area contributed by atoms with E-state index in [0.717, 1.165) is 36.9 Å². The predicted octanol–water partition coefficient (Wildman–Crippen LogP) is 5.24. The number of allylic oxidation sites excluding steroid dienone is 2. The van der Waals surface area contributed by atoms with Gasteiger partial charge in [0.25, 0.3) is 0 Å². The van der Waals surface area contributed by atoms with Gasteiger partial charge in [-0.25, -0.2) is 9.88 Å². The van der Waals surface area contributed by atoms with Crippen molar-refractivity contribution in [3.8, 4) is 11.3 Å². The Hall–Kier alpha value is -2.27. The van der Waals surface area contributed by atoms with Crippen LogP contribution < -0.4 is 4.90 Å². The molecule has 1 aromatic carbocycles. The first-order valence-electron chi connectivity index (χ1n) is 10.6. The fraction of sp³-hybridized carbons (Fsp3) is 0.458. The van der Waals surface area contributed by atoms with E-state index in [1.165, 1.54) is 32.9 Å². The van der Waals surface area contributed by atoms with Gasteiger partial charge >= 0.3 is 0 Å². The Morgan fingerprint density at radius 1 is 1.07 bits per heavy atom. The van der Waals surface area contributed by atoms with Crippen molar-refractivity contribution in [2.45, 2.75) is 46.5 Å². The van der Waals surface area contributed by atoms with Gasteiger partial charge in [-0.15, -0.1) is 11.3 Å². The number of fused-ring (bicyclic) bond motifs is 5. The van der Waals surface area contributed by atoms with Crippen molar-refractivity contribution in [1.82, 2.24) is 4.98 Å². The number of hydrogen-bond acceptors (Lipinski definition) is 4. The average Bonchev–Trinajstić information content (AvgIpc) is 3.45. The molecule has 4 nitrogen and oxygen atoms in total. The number of thiazole rings is 1. The van der Waals surface area contributed by atoms with Crippen LogP contribution in [0.2, 0.25) is 0 Å². The Balaban J connectivity index is 1.43. The molecule has 0 unspecified atom stereocenters. The van der Waals surface area contributed by atoms with Crippen LogP contribution in [0.5, 0.6) is 0 Å². The second kappa shape index (κ2) is 6.91. The molecule has 1 saturated heterocycles. The summed E-state index contributed by atoms with van der Waals surface area (Å²) in [5, 5.41) is 2.48. The molecule has 3 aliphatic rings. The largest absolute Gasteiger partial charge is 0.274 e. The van der Waals surface area contributed by atoms with Gasteiger partial charge in [-0.2, -0.15) is 0 Å². The molecule has 2 aromatic rings. The van der Waals surface area contributed by atoms with E-state index in [4.69, 9.17) is 0 Å². The molecular weight excluding hydrogens is 380 g/mol. The van der Waals surface area contributed by atoms with E-state index < -0.39 is 0 Å². The van der Waals surface area contributed by atoms with E-state index in [-0.39, 0.29) is 35.5 Å². The summed E-state index contributed by atoms with van der Waals surface area (Å²) < 4.78 is 0. The zero-order chi connectivity index (χ0) is 20.3. The summed E-state index contributed by atoms with van der Waals surface area (Å²) in [6.45, 7) is 6.41. The molecule has 1 aromatic heterocycles. The molecule has 2 saturated carbocycles. The molecule has 150 valence electrons. The predicted molar refractivity (Wildman–Crippen MR) is 116 cm³/mol. The number of nitrogens with zero attached hydrogens (tertiary/aromatic N) is 2. The van der Waals surface area contributed by atoms with Crippen LogP contribution in [-0.2, 0) is 16.0 Å². The Labute approximate surface area is 175 Å². The van der Waals surface area contributed by atoms with Crippen LogP contribution in [-0.4, -0.2) is 16.8 Å². The lowest BCUT2D eigenvalue weighted by atomic mass is 9.81. The maximum Gasteiger partial charge on any atom is 0.240 e. The van der Waals surface area contributed by atoms with Gasteiger partial charge < -0.3 is 0 Å². The van der Waals surface area contributed by atoms with Gasteiger partial charge in [-0.05, 0) is 50.5 Å². The Morgan fingerprint density at radius 2 is 1.69 bits per heavy atom. The summed E-state index contributed by atoms with van der Waals surface area (Å²) in [6.07, 6.45) is 4.26. The molecule has 1 aliphatic heterocycles. The van der Waals surface area contributed by atoms with E-state index in [2.05, 4.69) is 50.0 Å². The molecule has 0 radical (unpaired) electrons. The van der Waals surface area contributed by atoms with Crippen molar-refractivity contribution in [3.63, 3.8) is 0 Å². The molecule has 0 spiro atoms. The van der Waals surface area contributed by atoms with Crippen LogP contribution in [0.3, 0.4) is 0 Å². The average molecular weight is 407 g/mol. The first-order chi connectivity index (χ1) is 14.0. The Kier molecular flexibility index (Phi) is 4.46. The number of benzene rings is 1. The van der Waals surface area contributed by atoms with Gasteiger partial charge in [0.05, 0.1) is 17.5 Å². The van der Waals surface area contributed by atoms with Crippen LogP contribution in [0.15, 0.2) is 40.8 Å². The van der Waals surface area contributed by atoms with Crippen molar-refractivity contribution < 1.29 is 9.59 Å². The van der Waals surface area contributed by atoms with E-state index in [0.29, 0.717) is 5.13 Å². The molecule has 29 heavy (non-hydrogen) atoms. The van der Waals surface area contributed by atoms with Gasteiger partial charge in [-0.1, -0.05) is 48.8 Å². The number of aryl methyl sites for hydroxylation is 1. The molecule has 2 aliphatic carbocycles. The molecule has 3 fully saturated rings. The van der Waals surface area contributed by atoms with Gasteiger partial charge in [0.15, 0.2) is 5.13 Å². The Morgan fingerprint density at radius 3 is 2.24 bits per heavy atom. The van der Waals surface area contributed by atoms with Crippen molar-refractivity contribution in [2.24, 2.45) is 23.7 Å².